The molecule has 0 aliphatic carbocycles. The smallest absolute Gasteiger partial charge is 0.0431 e. The van der Waals surface area contributed by atoms with E-state index in [0.29, 0.717) is 0 Å². The van der Waals surface area contributed by atoms with E-state index in [0.717, 1.165) is 13.1 Å². The van der Waals surface area contributed by atoms with Crippen LogP contribution in [-0.2, 0) is 0 Å². The number of hydrazine groups is 1. The average molecular weight is 207 g/mol. The Morgan fingerprint density at radius 3 is 2.13 bits per heavy atom. The lowest BCUT2D eigenvalue weighted by molar-refractivity contribution is 0.602. The molecular formula is C12H21N3. The third-order valence-electron chi connectivity index (χ3n) is 2.77. The van der Waals surface area contributed by atoms with Crippen molar-refractivity contribution >= 4 is 5.69 Å². The maximum Gasteiger partial charge on any atom is 0.0431 e. The number of nitrogens with one attached hydrogen (secondary N) is 1. The van der Waals surface area contributed by atoms with E-state index >= 15 is 0 Å². The molecule has 3 N–H and O–H groups in total. The lowest BCUT2D eigenvalue weighted by Gasteiger charge is -2.21. The third kappa shape index (κ3) is 2.94. The van der Waals surface area contributed by atoms with Crippen LogP contribution in [0.25, 0.3) is 0 Å². The van der Waals surface area contributed by atoms with E-state index in [2.05, 4.69) is 48.4 Å². The summed E-state index contributed by atoms with van der Waals surface area (Å²) in [6, 6.07) is 8.75. The second-order valence-corrected chi connectivity index (χ2v) is 3.65. The molecule has 0 unspecified atom stereocenters. The van der Waals surface area contributed by atoms with Crippen molar-refractivity contribution in [3.05, 3.63) is 29.8 Å². The third-order valence-corrected chi connectivity index (χ3v) is 2.77. The average Bonchev–Trinajstić information content (AvgIpc) is 2.30. The Labute approximate surface area is 92.2 Å². The number of anilines is 1. The van der Waals surface area contributed by atoms with Crippen LogP contribution in [0.15, 0.2) is 24.3 Å². The van der Waals surface area contributed by atoms with E-state index in [9.17, 15) is 0 Å². The van der Waals surface area contributed by atoms with Crippen molar-refractivity contribution in [2.75, 3.05) is 18.0 Å². The van der Waals surface area contributed by atoms with Gasteiger partial charge in [0.05, 0.1) is 0 Å². The summed E-state index contributed by atoms with van der Waals surface area (Å²) in [6.45, 7) is 8.47. The van der Waals surface area contributed by atoms with Crippen LogP contribution in [0.1, 0.15) is 32.4 Å². The number of hydrogen-bond acceptors (Lipinski definition) is 3. The Hall–Kier alpha value is -1.06. The molecule has 3 nitrogen and oxygen atoms in total. The number of hydrogen-bond donors (Lipinski definition) is 2. The minimum absolute atomic E-state index is 0.204. The van der Waals surface area contributed by atoms with Crippen molar-refractivity contribution in [1.82, 2.24) is 5.43 Å². The summed E-state index contributed by atoms with van der Waals surface area (Å²) in [5.74, 6) is 5.39. The predicted octanol–water partition coefficient (Wildman–Crippen LogP) is 2.06. The molecule has 0 aliphatic heterocycles. The molecule has 1 aromatic rings. The zero-order valence-corrected chi connectivity index (χ0v) is 9.83. The molecule has 0 saturated heterocycles. The summed E-state index contributed by atoms with van der Waals surface area (Å²) in [5, 5.41) is 0. The summed E-state index contributed by atoms with van der Waals surface area (Å²) in [4.78, 5) is 2.32. The quantitative estimate of drug-likeness (QED) is 0.573. The molecule has 1 atom stereocenters. The van der Waals surface area contributed by atoms with E-state index in [4.69, 9.17) is 5.84 Å². The highest BCUT2D eigenvalue weighted by molar-refractivity contribution is 5.47. The minimum atomic E-state index is 0.204. The number of nitrogens with two attached hydrogens (primary N) is 1. The van der Waals surface area contributed by atoms with Crippen molar-refractivity contribution in [3.8, 4) is 0 Å². The summed E-state index contributed by atoms with van der Waals surface area (Å²) in [5.41, 5.74) is 5.23. The molecule has 15 heavy (non-hydrogen) atoms. The summed E-state index contributed by atoms with van der Waals surface area (Å²) >= 11 is 0. The first-order chi connectivity index (χ1) is 7.22. The van der Waals surface area contributed by atoms with Gasteiger partial charge in [0.15, 0.2) is 0 Å². The van der Waals surface area contributed by atoms with E-state index in [-0.39, 0.29) is 6.04 Å². The van der Waals surface area contributed by atoms with Crippen LogP contribution in [0.3, 0.4) is 0 Å². The highest BCUT2D eigenvalue weighted by Gasteiger charge is 2.04. The van der Waals surface area contributed by atoms with Gasteiger partial charge in [-0.1, -0.05) is 12.1 Å². The standard InChI is InChI=1S/C12H21N3/c1-4-15(5-2)12-8-6-11(7-9-12)10(3)14-13/h6-10,14H,4-5,13H2,1-3H3/t10-/m0/s1. The van der Waals surface area contributed by atoms with Crippen LogP contribution in [0.5, 0.6) is 0 Å². The fraction of sp³-hybridized carbons (Fsp3) is 0.500. The van der Waals surface area contributed by atoms with Crippen molar-refractivity contribution in [2.24, 2.45) is 5.84 Å². The molecule has 0 amide bonds. The summed E-state index contributed by atoms with van der Waals surface area (Å²) < 4.78 is 0. The number of nitrogens with zero attached hydrogens (tertiary/aromatic N) is 1. The van der Waals surface area contributed by atoms with Crippen LogP contribution in [0.4, 0.5) is 5.69 Å². The topological polar surface area (TPSA) is 41.3 Å². The van der Waals surface area contributed by atoms with E-state index in [1.807, 2.05) is 6.92 Å². The fourth-order valence-corrected chi connectivity index (χ4v) is 1.66. The van der Waals surface area contributed by atoms with Gasteiger partial charge in [-0.25, -0.2) is 0 Å². The molecule has 0 aliphatic rings. The lowest BCUT2D eigenvalue weighted by atomic mass is 10.1. The van der Waals surface area contributed by atoms with Crippen LogP contribution < -0.4 is 16.2 Å². The molecule has 1 aromatic carbocycles. The Morgan fingerprint density at radius 1 is 1.20 bits per heavy atom. The maximum atomic E-state index is 5.39. The Bertz CT molecular complexity index is 277. The van der Waals surface area contributed by atoms with Gasteiger partial charge in [-0.15, -0.1) is 0 Å². The first-order valence-electron chi connectivity index (χ1n) is 5.54. The van der Waals surface area contributed by atoms with Gasteiger partial charge in [0, 0.05) is 24.8 Å². The zero-order chi connectivity index (χ0) is 11.3. The largest absolute Gasteiger partial charge is 0.372 e. The van der Waals surface area contributed by atoms with E-state index in [1.54, 1.807) is 0 Å². The maximum absolute atomic E-state index is 5.39. The molecule has 0 bridgehead atoms. The van der Waals surface area contributed by atoms with Crippen molar-refractivity contribution < 1.29 is 0 Å². The van der Waals surface area contributed by atoms with E-state index in [1.165, 1.54) is 11.3 Å². The summed E-state index contributed by atoms with van der Waals surface area (Å²) in [6.07, 6.45) is 0. The Balaban J connectivity index is 2.79. The molecule has 0 saturated carbocycles. The predicted molar refractivity (Wildman–Crippen MR) is 65.7 cm³/mol. The van der Waals surface area contributed by atoms with Gasteiger partial charge < -0.3 is 4.90 Å². The molecule has 0 aromatic heterocycles. The van der Waals surface area contributed by atoms with Crippen molar-refractivity contribution in [2.45, 2.75) is 26.8 Å². The van der Waals surface area contributed by atoms with E-state index < -0.39 is 0 Å². The minimum Gasteiger partial charge on any atom is -0.372 e. The lowest BCUT2D eigenvalue weighted by Crippen LogP contribution is -2.26. The Kier molecular flexibility index (Phi) is 4.59. The highest BCUT2D eigenvalue weighted by Crippen LogP contribution is 2.18. The van der Waals surface area contributed by atoms with Crippen molar-refractivity contribution in [3.63, 3.8) is 0 Å². The van der Waals surface area contributed by atoms with Gasteiger partial charge in [-0.05, 0) is 38.5 Å². The normalized spacial score (nSPS) is 12.5. The summed E-state index contributed by atoms with van der Waals surface area (Å²) in [7, 11) is 0. The second-order valence-electron chi connectivity index (χ2n) is 3.65. The van der Waals surface area contributed by atoms with Crippen LogP contribution >= 0.6 is 0 Å². The molecule has 1 rings (SSSR count). The molecule has 3 heteroatoms. The van der Waals surface area contributed by atoms with Crippen LogP contribution in [0, 0.1) is 0 Å². The fourth-order valence-electron chi connectivity index (χ4n) is 1.66. The zero-order valence-electron chi connectivity index (χ0n) is 9.83. The molecule has 0 fully saturated rings. The monoisotopic (exact) mass is 207 g/mol. The Morgan fingerprint density at radius 2 is 1.73 bits per heavy atom. The van der Waals surface area contributed by atoms with Crippen LogP contribution in [-0.4, -0.2) is 13.1 Å². The van der Waals surface area contributed by atoms with Gasteiger partial charge in [0.2, 0.25) is 0 Å². The second kappa shape index (κ2) is 5.73. The van der Waals surface area contributed by atoms with Gasteiger partial charge in [-0.3, -0.25) is 11.3 Å². The first-order valence-corrected chi connectivity index (χ1v) is 5.54. The molecule has 0 radical (unpaired) electrons. The number of benzene rings is 1. The molecule has 84 valence electrons. The molecular weight excluding hydrogens is 186 g/mol. The molecule has 0 heterocycles. The van der Waals surface area contributed by atoms with Gasteiger partial charge in [-0.2, -0.15) is 0 Å². The highest BCUT2D eigenvalue weighted by atomic mass is 15.2. The van der Waals surface area contributed by atoms with Gasteiger partial charge in [0.25, 0.3) is 0 Å². The van der Waals surface area contributed by atoms with Gasteiger partial charge >= 0.3 is 0 Å². The van der Waals surface area contributed by atoms with Crippen LogP contribution in [0.2, 0.25) is 0 Å². The number of rotatable bonds is 5. The first kappa shape index (κ1) is 12.0. The SMILES string of the molecule is CCN(CC)c1ccc([C@H](C)NN)cc1. The molecule has 0 spiro atoms. The van der Waals surface area contributed by atoms with Gasteiger partial charge in [0.1, 0.15) is 0 Å². The van der Waals surface area contributed by atoms with Crippen molar-refractivity contribution in [1.29, 1.82) is 0 Å².